The van der Waals surface area contributed by atoms with Crippen molar-refractivity contribution in [2.75, 3.05) is 10.8 Å². The Morgan fingerprint density at radius 3 is 2.16 bits per heavy atom. The fourth-order valence-electron chi connectivity index (χ4n) is 5.39. The SMILES string of the molecule is CC[C@@H](C(=O)NC1CCCC1)N(Cc1c(Cl)cccc1Cl)C(=O)CN(c1ccc(Cl)cc1C)S(=O)(=O)c1ccc(C)cc1. The van der Waals surface area contributed by atoms with Crippen molar-refractivity contribution < 1.29 is 18.0 Å². The van der Waals surface area contributed by atoms with Gasteiger partial charge in [0.1, 0.15) is 12.6 Å². The van der Waals surface area contributed by atoms with Crippen LogP contribution in [-0.4, -0.2) is 43.8 Å². The van der Waals surface area contributed by atoms with Crippen molar-refractivity contribution in [3.05, 3.63) is 92.4 Å². The molecule has 230 valence electrons. The lowest BCUT2D eigenvalue weighted by molar-refractivity contribution is -0.140. The van der Waals surface area contributed by atoms with E-state index in [-0.39, 0.29) is 23.4 Å². The first-order valence-electron chi connectivity index (χ1n) is 14.3. The number of aryl methyl sites for hydroxylation is 2. The number of carbonyl (C=O) groups excluding carboxylic acids is 2. The van der Waals surface area contributed by atoms with Crippen LogP contribution < -0.4 is 9.62 Å². The molecule has 7 nitrogen and oxygen atoms in total. The van der Waals surface area contributed by atoms with Crippen LogP contribution in [0.2, 0.25) is 15.1 Å². The molecule has 4 rings (SSSR count). The lowest BCUT2D eigenvalue weighted by Gasteiger charge is -2.34. The topological polar surface area (TPSA) is 86.8 Å². The van der Waals surface area contributed by atoms with Gasteiger partial charge in [-0.05, 0) is 81.1 Å². The Balaban J connectivity index is 1.77. The van der Waals surface area contributed by atoms with Gasteiger partial charge in [0.25, 0.3) is 10.0 Å². The molecule has 0 aromatic heterocycles. The molecule has 0 heterocycles. The molecule has 3 aromatic rings. The molecule has 1 fully saturated rings. The Labute approximate surface area is 269 Å². The van der Waals surface area contributed by atoms with Crippen LogP contribution in [-0.2, 0) is 26.2 Å². The van der Waals surface area contributed by atoms with Gasteiger partial charge >= 0.3 is 0 Å². The average Bonchev–Trinajstić information content (AvgIpc) is 3.46. The van der Waals surface area contributed by atoms with E-state index in [1.165, 1.54) is 17.0 Å². The fourth-order valence-corrected chi connectivity index (χ4v) is 7.61. The van der Waals surface area contributed by atoms with Crippen LogP contribution in [0.3, 0.4) is 0 Å². The van der Waals surface area contributed by atoms with E-state index in [1.54, 1.807) is 55.5 Å². The molecule has 3 aromatic carbocycles. The Kier molecular flexibility index (Phi) is 11.0. The van der Waals surface area contributed by atoms with Gasteiger partial charge in [-0.3, -0.25) is 13.9 Å². The molecule has 2 amide bonds. The van der Waals surface area contributed by atoms with Crippen LogP contribution in [0.15, 0.2) is 65.6 Å². The molecular weight excluding hydrogens is 629 g/mol. The summed E-state index contributed by atoms with van der Waals surface area (Å²) in [5, 5.41) is 4.22. The smallest absolute Gasteiger partial charge is 0.264 e. The number of amides is 2. The van der Waals surface area contributed by atoms with Crippen LogP contribution in [0.1, 0.15) is 55.7 Å². The Bertz CT molecular complexity index is 1550. The number of halogens is 3. The number of rotatable bonds is 11. The molecule has 1 aliphatic rings. The van der Waals surface area contributed by atoms with Gasteiger partial charge in [0.15, 0.2) is 0 Å². The maximum Gasteiger partial charge on any atom is 0.264 e. The number of hydrogen-bond acceptors (Lipinski definition) is 4. The molecule has 0 unspecified atom stereocenters. The molecule has 0 saturated heterocycles. The van der Waals surface area contributed by atoms with Gasteiger partial charge in [-0.15, -0.1) is 0 Å². The molecule has 1 aliphatic carbocycles. The highest BCUT2D eigenvalue weighted by Gasteiger charge is 2.35. The first kappa shape index (κ1) is 33.1. The van der Waals surface area contributed by atoms with Crippen LogP contribution in [0, 0.1) is 13.8 Å². The summed E-state index contributed by atoms with van der Waals surface area (Å²) < 4.78 is 29.3. The van der Waals surface area contributed by atoms with E-state index >= 15 is 0 Å². The standard InChI is InChI=1S/C32H36Cl3N3O4S/c1-4-29(32(40)36-24-8-5-6-9-24)37(19-26-27(34)10-7-11-28(26)35)31(39)20-38(30-17-14-23(33)18-22(30)3)43(41,42)25-15-12-21(2)13-16-25/h7,10-18,24,29H,4-6,8-9,19-20H2,1-3H3,(H,36,40)/t29-/m0/s1. The monoisotopic (exact) mass is 663 g/mol. The van der Waals surface area contributed by atoms with Gasteiger partial charge in [-0.25, -0.2) is 8.42 Å². The minimum Gasteiger partial charge on any atom is -0.352 e. The number of carbonyl (C=O) groups is 2. The predicted molar refractivity (Wildman–Crippen MR) is 173 cm³/mol. The highest BCUT2D eigenvalue weighted by Crippen LogP contribution is 2.31. The Morgan fingerprint density at radius 2 is 1.58 bits per heavy atom. The third kappa shape index (κ3) is 7.85. The van der Waals surface area contributed by atoms with Crippen LogP contribution in [0.5, 0.6) is 0 Å². The van der Waals surface area contributed by atoms with Crippen molar-refractivity contribution in [2.45, 2.75) is 76.4 Å². The fraction of sp³-hybridized carbons (Fsp3) is 0.375. The Hall–Kier alpha value is -2.78. The first-order chi connectivity index (χ1) is 20.4. The van der Waals surface area contributed by atoms with Gasteiger partial charge in [0, 0.05) is 33.2 Å². The van der Waals surface area contributed by atoms with Gasteiger partial charge in [-0.1, -0.05) is 78.3 Å². The third-order valence-corrected chi connectivity index (χ3v) is 10.5. The largest absolute Gasteiger partial charge is 0.352 e. The summed E-state index contributed by atoms with van der Waals surface area (Å²) in [6, 6.07) is 15.4. The molecular formula is C32H36Cl3N3O4S. The molecule has 1 N–H and O–H groups in total. The molecule has 1 saturated carbocycles. The van der Waals surface area contributed by atoms with Gasteiger partial charge in [0.05, 0.1) is 10.6 Å². The lowest BCUT2D eigenvalue weighted by Crippen LogP contribution is -2.53. The number of nitrogens with one attached hydrogen (secondary N) is 1. The normalized spacial score (nSPS) is 14.4. The van der Waals surface area contributed by atoms with Crippen LogP contribution in [0.25, 0.3) is 0 Å². The van der Waals surface area contributed by atoms with Crippen molar-refractivity contribution in [1.29, 1.82) is 0 Å². The summed E-state index contributed by atoms with van der Waals surface area (Å²) in [5.74, 6) is -0.865. The van der Waals surface area contributed by atoms with Crippen molar-refractivity contribution in [1.82, 2.24) is 10.2 Å². The van der Waals surface area contributed by atoms with E-state index < -0.39 is 28.5 Å². The minimum atomic E-state index is -4.21. The van der Waals surface area contributed by atoms with E-state index in [2.05, 4.69) is 5.32 Å². The highest BCUT2D eigenvalue weighted by atomic mass is 35.5. The number of sulfonamides is 1. The quantitative estimate of drug-likeness (QED) is 0.233. The second kappa shape index (κ2) is 14.3. The number of anilines is 1. The first-order valence-corrected chi connectivity index (χ1v) is 16.9. The maximum absolute atomic E-state index is 14.3. The van der Waals surface area contributed by atoms with Crippen molar-refractivity contribution >= 4 is 62.3 Å². The zero-order chi connectivity index (χ0) is 31.3. The maximum atomic E-state index is 14.3. The van der Waals surface area contributed by atoms with Crippen molar-refractivity contribution in [2.24, 2.45) is 0 Å². The van der Waals surface area contributed by atoms with E-state index in [9.17, 15) is 18.0 Å². The average molecular weight is 665 g/mol. The zero-order valence-electron chi connectivity index (χ0n) is 24.4. The highest BCUT2D eigenvalue weighted by molar-refractivity contribution is 7.92. The van der Waals surface area contributed by atoms with Gasteiger partial charge in [-0.2, -0.15) is 0 Å². The lowest BCUT2D eigenvalue weighted by atomic mass is 10.1. The molecule has 11 heteroatoms. The van der Waals surface area contributed by atoms with Crippen molar-refractivity contribution in [3.8, 4) is 0 Å². The molecule has 43 heavy (non-hydrogen) atoms. The number of hydrogen-bond donors (Lipinski definition) is 1. The van der Waals surface area contributed by atoms with E-state index in [0.717, 1.165) is 35.6 Å². The van der Waals surface area contributed by atoms with Gasteiger partial charge in [0.2, 0.25) is 11.8 Å². The molecule has 0 spiro atoms. The summed E-state index contributed by atoms with van der Waals surface area (Å²) in [6.07, 6.45) is 4.13. The van der Waals surface area contributed by atoms with E-state index in [0.29, 0.717) is 38.3 Å². The van der Waals surface area contributed by atoms with E-state index in [1.807, 2.05) is 13.8 Å². The van der Waals surface area contributed by atoms with Crippen molar-refractivity contribution in [3.63, 3.8) is 0 Å². The molecule has 0 radical (unpaired) electrons. The Morgan fingerprint density at radius 1 is 0.953 bits per heavy atom. The summed E-state index contributed by atoms with van der Waals surface area (Å²) in [6.45, 7) is 4.77. The minimum absolute atomic E-state index is 0.0342. The zero-order valence-corrected chi connectivity index (χ0v) is 27.5. The van der Waals surface area contributed by atoms with Crippen LogP contribution >= 0.6 is 34.8 Å². The second-order valence-corrected chi connectivity index (χ2v) is 14.0. The summed E-state index contributed by atoms with van der Waals surface area (Å²) in [7, 11) is -4.21. The third-order valence-electron chi connectivity index (χ3n) is 7.79. The second-order valence-electron chi connectivity index (χ2n) is 10.9. The number of nitrogens with zero attached hydrogens (tertiary/aromatic N) is 2. The number of benzene rings is 3. The molecule has 0 aliphatic heterocycles. The molecule has 0 bridgehead atoms. The summed E-state index contributed by atoms with van der Waals surface area (Å²) in [5.41, 5.74) is 2.24. The summed E-state index contributed by atoms with van der Waals surface area (Å²) >= 11 is 19.2. The summed E-state index contributed by atoms with van der Waals surface area (Å²) in [4.78, 5) is 29.4. The van der Waals surface area contributed by atoms with E-state index in [4.69, 9.17) is 34.8 Å². The van der Waals surface area contributed by atoms with Gasteiger partial charge < -0.3 is 10.2 Å². The molecule has 1 atom stereocenters. The van der Waals surface area contributed by atoms with Crippen LogP contribution in [0.4, 0.5) is 5.69 Å². The predicted octanol–water partition coefficient (Wildman–Crippen LogP) is 7.33.